The molecule has 114 valence electrons. The zero-order chi connectivity index (χ0) is 14.5. The Balaban J connectivity index is 1.74. The summed E-state index contributed by atoms with van der Waals surface area (Å²) in [6.45, 7) is 5.34. The van der Waals surface area contributed by atoms with Crippen LogP contribution >= 0.6 is 0 Å². The predicted octanol–water partition coefficient (Wildman–Crippen LogP) is -0.404. The minimum Gasteiger partial charge on any atom is -0.375 e. The number of nitrogens with one attached hydrogen (secondary N) is 2. The molecule has 2 amide bonds. The van der Waals surface area contributed by atoms with Crippen LogP contribution in [0.3, 0.4) is 0 Å². The van der Waals surface area contributed by atoms with Crippen molar-refractivity contribution in [2.45, 2.75) is 25.8 Å². The van der Waals surface area contributed by atoms with Crippen molar-refractivity contribution in [2.75, 3.05) is 39.9 Å². The first-order valence-electron chi connectivity index (χ1n) is 7.39. The van der Waals surface area contributed by atoms with Crippen molar-refractivity contribution >= 4 is 11.8 Å². The molecule has 0 aromatic heterocycles. The van der Waals surface area contributed by atoms with Crippen LogP contribution in [0.1, 0.15) is 19.8 Å². The van der Waals surface area contributed by atoms with Gasteiger partial charge in [0.25, 0.3) is 0 Å². The van der Waals surface area contributed by atoms with Crippen LogP contribution in [0.4, 0.5) is 0 Å². The van der Waals surface area contributed by atoms with Gasteiger partial charge in [0.15, 0.2) is 0 Å². The molecule has 2 fully saturated rings. The molecule has 0 aromatic rings. The third-order valence-corrected chi connectivity index (χ3v) is 4.32. The second-order valence-electron chi connectivity index (χ2n) is 5.84. The molecule has 2 aliphatic heterocycles. The number of rotatable bonds is 4. The first-order valence-corrected chi connectivity index (χ1v) is 7.39. The Kier molecular flexibility index (Phi) is 5.37. The molecule has 2 atom stereocenters. The number of carbonyl (C=O) groups is 2. The van der Waals surface area contributed by atoms with Crippen molar-refractivity contribution in [1.82, 2.24) is 15.5 Å². The summed E-state index contributed by atoms with van der Waals surface area (Å²) in [5.74, 6) is 0.677. The van der Waals surface area contributed by atoms with Gasteiger partial charge in [0.2, 0.25) is 11.8 Å². The Bertz CT molecular complexity index is 354. The van der Waals surface area contributed by atoms with Gasteiger partial charge in [0.1, 0.15) is 6.61 Å². The number of amides is 2. The lowest BCUT2D eigenvalue weighted by Gasteiger charge is -2.33. The van der Waals surface area contributed by atoms with Crippen molar-refractivity contribution in [3.05, 3.63) is 0 Å². The molecular formula is C14H25N3O3. The van der Waals surface area contributed by atoms with Gasteiger partial charge in [-0.05, 0) is 25.3 Å². The summed E-state index contributed by atoms with van der Waals surface area (Å²) in [5.41, 5.74) is 0. The minimum absolute atomic E-state index is 0.0332. The number of ether oxygens (including phenoxy) is 1. The summed E-state index contributed by atoms with van der Waals surface area (Å²) in [6, 6.07) is 0.196. The Hall–Kier alpha value is -1.14. The molecular weight excluding hydrogens is 258 g/mol. The SMILES string of the molecule is COCC(=O)N1CCC(NC(=O)C2CNCC2C)CC1. The summed E-state index contributed by atoms with van der Waals surface area (Å²) in [4.78, 5) is 25.7. The first-order chi connectivity index (χ1) is 9.61. The molecule has 6 heteroatoms. The van der Waals surface area contributed by atoms with E-state index in [1.165, 1.54) is 7.11 Å². The zero-order valence-electron chi connectivity index (χ0n) is 12.4. The van der Waals surface area contributed by atoms with E-state index < -0.39 is 0 Å². The Morgan fingerprint density at radius 1 is 1.30 bits per heavy atom. The Morgan fingerprint density at radius 3 is 2.55 bits per heavy atom. The van der Waals surface area contributed by atoms with Crippen LogP contribution in [0.2, 0.25) is 0 Å². The lowest BCUT2D eigenvalue weighted by atomic mass is 9.96. The van der Waals surface area contributed by atoms with Gasteiger partial charge in [0.05, 0.1) is 5.92 Å². The second-order valence-corrected chi connectivity index (χ2v) is 5.84. The number of carbonyl (C=O) groups excluding carboxylic acids is 2. The molecule has 0 aromatic carbocycles. The maximum atomic E-state index is 12.2. The highest BCUT2D eigenvalue weighted by Crippen LogP contribution is 2.17. The fourth-order valence-electron chi connectivity index (χ4n) is 2.96. The van der Waals surface area contributed by atoms with E-state index in [0.29, 0.717) is 19.0 Å². The lowest BCUT2D eigenvalue weighted by molar-refractivity contribution is -0.136. The Morgan fingerprint density at radius 2 is 2.00 bits per heavy atom. The molecule has 2 unspecified atom stereocenters. The lowest BCUT2D eigenvalue weighted by Crippen LogP contribution is -2.49. The molecule has 20 heavy (non-hydrogen) atoms. The van der Waals surface area contributed by atoms with E-state index in [4.69, 9.17) is 4.74 Å². The summed E-state index contributed by atoms with van der Waals surface area (Å²) < 4.78 is 4.86. The average Bonchev–Trinajstić information content (AvgIpc) is 2.86. The highest BCUT2D eigenvalue weighted by Gasteiger charge is 2.31. The van der Waals surface area contributed by atoms with Crippen molar-refractivity contribution in [2.24, 2.45) is 11.8 Å². The van der Waals surface area contributed by atoms with Gasteiger partial charge in [-0.25, -0.2) is 0 Å². The summed E-state index contributed by atoms with van der Waals surface area (Å²) in [7, 11) is 1.53. The van der Waals surface area contributed by atoms with Crippen LogP contribution in [-0.2, 0) is 14.3 Å². The van der Waals surface area contributed by atoms with E-state index in [0.717, 1.165) is 25.9 Å². The third kappa shape index (κ3) is 3.70. The molecule has 0 bridgehead atoms. The van der Waals surface area contributed by atoms with Crippen molar-refractivity contribution in [3.8, 4) is 0 Å². The van der Waals surface area contributed by atoms with Crippen molar-refractivity contribution in [1.29, 1.82) is 0 Å². The van der Waals surface area contributed by atoms with Gasteiger partial charge < -0.3 is 20.3 Å². The molecule has 0 radical (unpaired) electrons. The van der Waals surface area contributed by atoms with E-state index in [1.807, 2.05) is 4.90 Å². The number of methoxy groups -OCH3 is 1. The van der Waals surface area contributed by atoms with E-state index in [9.17, 15) is 9.59 Å². The third-order valence-electron chi connectivity index (χ3n) is 4.32. The zero-order valence-corrected chi connectivity index (χ0v) is 12.4. The van der Waals surface area contributed by atoms with Gasteiger partial charge in [-0.1, -0.05) is 6.92 Å². The Labute approximate surface area is 120 Å². The normalized spacial score (nSPS) is 27.6. The standard InChI is InChI=1S/C14H25N3O3/c1-10-7-15-8-12(10)14(19)16-11-3-5-17(6-4-11)13(18)9-20-2/h10-12,15H,3-9H2,1-2H3,(H,16,19). The van der Waals surface area contributed by atoms with Gasteiger partial charge in [0, 0.05) is 32.8 Å². The van der Waals surface area contributed by atoms with Gasteiger partial charge in [-0.2, -0.15) is 0 Å². The number of nitrogens with zero attached hydrogens (tertiary/aromatic N) is 1. The summed E-state index contributed by atoms with van der Waals surface area (Å²) in [6.07, 6.45) is 1.66. The van der Waals surface area contributed by atoms with Gasteiger partial charge in [-0.3, -0.25) is 9.59 Å². The van der Waals surface area contributed by atoms with Crippen LogP contribution in [0, 0.1) is 11.8 Å². The molecule has 2 N–H and O–H groups in total. The fraction of sp³-hybridized carbons (Fsp3) is 0.857. The number of hydrogen-bond acceptors (Lipinski definition) is 4. The van der Waals surface area contributed by atoms with Crippen LogP contribution in [0.15, 0.2) is 0 Å². The fourth-order valence-corrected chi connectivity index (χ4v) is 2.96. The monoisotopic (exact) mass is 283 g/mol. The highest BCUT2D eigenvalue weighted by molar-refractivity contribution is 5.80. The van der Waals surface area contributed by atoms with E-state index in [2.05, 4.69) is 17.6 Å². The van der Waals surface area contributed by atoms with Crippen LogP contribution in [0.25, 0.3) is 0 Å². The first kappa shape index (κ1) is 15.3. The number of likely N-dealkylation sites (tertiary alicyclic amines) is 1. The molecule has 2 saturated heterocycles. The molecule has 0 saturated carbocycles. The smallest absolute Gasteiger partial charge is 0.248 e. The predicted molar refractivity (Wildman–Crippen MR) is 75.1 cm³/mol. The van der Waals surface area contributed by atoms with Crippen molar-refractivity contribution in [3.63, 3.8) is 0 Å². The molecule has 6 nitrogen and oxygen atoms in total. The van der Waals surface area contributed by atoms with Crippen LogP contribution in [0.5, 0.6) is 0 Å². The van der Waals surface area contributed by atoms with Crippen LogP contribution < -0.4 is 10.6 Å². The number of hydrogen-bond donors (Lipinski definition) is 2. The molecule has 0 aliphatic carbocycles. The van der Waals surface area contributed by atoms with Crippen molar-refractivity contribution < 1.29 is 14.3 Å². The molecule has 0 spiro atoms. The topological polar surface area (TPSA) is 70.7 Å². The average molecular weight is 283 g/mol. The maximum Gasteiger partial charge on any atom is 0.248 e. The van der Waals surface area contributed by atoms with E-state index in [-0.39, 0.29) is 30.4 Å². The largest absolute Gasteiger partial charge is 0.375 e. The van der Waals surface area contributed by atoms with Gasteiger partial charge >= 0.3 is 0 Å². The molecule has 2 heterocycles. The maximum absolute atomic E-state index is 12.2. The summed E-state index contributed by atoms with van der Waals surface area (Å²) >= 11 is 0. The summed E-state index contributed by atoms with van der Waals surface area (Å²) in [5, 5.41) is 6.38. The molecule has 2 rings (SSSR count). The van der Waals surface area contributed by atoms with Crippen LogP contribution in [-0.4, -0.2) is 62.7 Å². The quantitative estimate of drug-likeness (QED) is 0.736. The van der Waals surface area contributed by atoms with E-state index in [1.54, 1.807) is 0 Å². The minimum atomic E-state index is 0.0332. The molecule has 2 aliphatic rings. The highest BCUT2D eigenvalue weighted by atomic mass is 16.5. The second kappa shape index (κ2) is 7.04. The van der Waals surface area contributed by atoms with E-state index >= 15 is 0 Å². The van der Waals surface area contributed by atoms with Gasteiger partial charge in [-0.15, -0.1) is 0 Å². The number of piperidine rings is 1.